The van der Waals surface area contributed by atoms with Gasteiger partial charge in [-0.1, -0.05) is 13.8 Å². The summed E-state index contributed by atoms with van der Waals surface area (Å²) in [6, 6.07) is 5.14. The van der Waals surface area contributed by atoms with Gasteiger partial charge < -0.3 is 9.73 Å². The van der Waals surface area contributed by atoms with Gasteiger partial charge in [0, 0.05) is 24.6 Å². The standard InChI is InChI=1S/C13H15BrFN3O/c1-8(2)16-6-5-12-17-18-13(19-12)9-3-4-10(14)11(15)7-9/h3-4,7-8,16H,5-6H2,1-2H3. The van der Waals surface area contributed by atoms with E-state index in [0.717, 1.165) is 6.54 Å². The maximum atomic E-state index is 13.4. The average molecular weight is 328 g/mol. The summed E-state index contributed by atoms with van der Waals surface area (Å²) >= 11 is 3.10. The second kappa shape index (κ2) is 6.25. The van der Waals surface area contributed by atoms with Crippen molar-refractivity contribution < 1.29 is 8.81 Å². The summed E-state index contributed by atoms with van der Waals surface area (Å²) in [5.41, 5.74) is 0.580. The van der Waals surface area contributed by atoms with Crippen LogP contribution >= 0.6 is 15.9 Å². The minimum Gasteiger partial charge on any atom is -0.421 e. The van der Waals surface area contributed by atoms with Gasteiger partial charge in [0.2, 0.25) is 11.8 Å². The first-order valence-corrected chi connectivity index (χ1v) is 6.86. The van der Waals surface area contributed by atoms with Crippen LogP contribution in [-0.2, 0) is 6.42 Å². The zero-order valence-electron chi connectivity index (χ0n) is 10.8. The summed E-state index contributed by atoms with van der Waals surface area (Å²) in [7, 11) is 0. The Kier molecular flexibility index (Phi) is 4.66. The molecular formula is C13H15BrFN3O. The van der Waals surface area contributed by atoms with E-state index in [9.17, 15) is 4.39 Å². The number of hydrogen-bond acceptors (Lipinski definition) is 4. The molecule has 4 nitrogen and oxygen atoms in total. The maximum Gasteiger partial charge on any atom is 0.247 e. The molecule has 6 heteroatoms. The first-order valence-electron chi connectivity index (χ1n) is 6.07. The van der Waals surface area contributed by atoms with E-state index in [-0.39, 0.29) is 5.82 Å². The van der Waals surface area contributed by atoms with Gasteiger partial charge in [0.05, 0.1) is 4.47 Å². The van der Waals surface area contributed by atoms with Crippen LogP contribution in [0.15, 0.2) is 27.1 Å². The van der Waals surface area contributed by atoms with Gasteiger partial charge in [-0.25, -0.2) is 4.39 Å². The van der Waals surface area contributed by atoms with Crippen molar-refractivity contribution in [3.05, 3.63) is 34.4 Å². The van der Waals surface area contributed by atoms with Crippen molar-refractivity contribution in [2.75, 3.05) is 6.54 Å². The fourth-order valence-electron chi connectivity index (χ4n) is 1.57. The lowest BCUT2D eigenvalue weighted by atomic mass is 10.2. The molecule has 1 N–H and O–H groups in total. The van der Waals surface area contributed by atoms with E-state index >= 15 is 0 Å². The van der Waals surface area contributed by atoms with Gasteiger partial charge in [0.15, 0.2) is 0 Å². The molecule has 0 unspecified atom stereocenters. The molecule has 102 valence electrons. The van der Waals surface area contributed by atoms with Gasteiger partial charge in [-0.3, -0.25) is 0 Å². The summed E-state index contributed by atoms with van der Waals surface area (Å²) in [5.74, 6) is 0.538. The topological polar surface area (TPSA) is 51.0 Å². The Hall–Kier alpha value is -1.27. The van der Waals surface area contributed by atoms with Gasteiger partial charge in [0.1, 0.15) is 5.82 Å². The van der Waals surface area contributed by atoms with E-state index in [4.69, 9.17) is 4.42 Å². The highest BCUT2D eigenvalue weighted by atomic mass is 79.9. The minimum absolute atomic E-state index is 0.339. The van der Waals surface area contributed by atoms with Crippen molar-refractivity contribution in [3.63, 3.8) is 0 Å². The smallest absolute Gasteiger partial charge is 0.247 e. The molecule has 19 heavy (non-hydrogen) atoms. The average Bonchev–Trinajstić information content (AvgIpc) is 2.81. The zero-order valence-corrected chi connectivity index (χ0v) is 12.4. The Morgan fingerprint density at radius 2 is 2.16 bits per heavy atom. The van der Waals surface area contributed by atoms with Crippen LogP contribution in [0.4, 0.5) is 4.39 Å². The normalized spacial score (nSPS) is 11.2. The van der Waals surface area contributed by atoms with Gasteiger partial charge >= 0.3 is 0 Å². The van der Waals surface area contributed by atoms with E-state index in [1.54, 1.807) is 12.1 Å². The van der Waals surface area contributed by atoms with E-state index < -0.39 is 0 Å². The van der Waals surface area contributed by atoms with Crippen molar-refractivity contribution in [3.8, 4) is 11.5 Å². The predicted octanol–water partition coefficient (Wildman–Crippen LogP) is 3.18. The third-order valence-corrected chi connectivity index (χ3v) is 3.17. The Morgan fingerprint density at radius 3 is 2.84 bits per heavy atom. The zero-order chi connectivity index (χ0) is 13.8. The second-order valence-electron chi connectivity index (χ2n) is 4.49. The van der Waals surface area contributed by atoms with Crippen LogP contribution in [0.2, 0.25) is 0 Å². The number of hydrogen-bond donors (Lipinski definition) is 1. The molecule has 0 amide bonds. The van der Waals surface area contributed by atoms with Crippen LogP contribution in [-0.4, -0.2) is 22.8 Å². The number of halogens is 2. The SMILES string of the molecule is CC(C)NCCc1nnc(-c2ccc(Br)c(F)c2)o1. The highest BCUT2D eigenvalue weighted by molar-refractivity contribution is 9.10. The van der Waals surface area contributed by atoms with Gasteiger partial charge in [-0.2, -0.15) is 0 Å². The van der Waals surface area contributed by atoms with Crippen molar-refractivity contribution >= 4 is 15.9 Å². The summed E-state index contributed by atoms with van der Waals surface area (Å²) in [6.45, 7) is 4.92. The van der Waals surface area contributed by atoms with Crippen molar-refractivity contribution in [2.45, 2.75) is 26.3 Å². The Morgan fingerprint density at radius 1 is 1.37 bits per heavy atom. The molecule has 0 saturated carbocycles. The lowest BCUT2D eigenvalue weighted by molar-refractivity contribution is 0.484. The maximum absolute atomic E-state index is 13.4. The Bertz CT molecular complexity index is 557. The van der Waals surface area contributed by atoms with Gasteiger partial charge in [-0.15, -0.1) is 10.2 Å². The molecular weight excluding hydrogens is 313 g/mol. The number of aromatic nitrogens is 2. The molecule has 0 saturated heterocycles. The summed E-state index contributed by atoms with van der Waals surface area (Å²) in [6.07, 6.45) is 0.657. The summed E-state index contributed by atoms with van der Waals surface area (Å²) in [4.78, 5) is 0. The molecule has 2 rings (SSSR count). The molecule has 0 aliphatic rings. The minimum atomic E-state index is -0.348. The molecule has 1 aromatic heterocycles. The number of nitrogens with zero attached hydrogens (tertiary/aromatic N) is 2. The van der Waals surface area contributed by atoms with Crippen LogP contribution in [0, 0.1) is 5.82 Å². The first kappa shape index (κ1) is 14.1. The summed E-state index contributed by atoms with van der Waals surface area (Å²) in [5, 5.41) is 11.1. The van der Waals surface area contributed by atoms with E-state index in [2.05, 4.69) is 45.3 Å². The number of nitrogens with one attached hydrogen (secondary N) is 1. The van der Waals surface area contributed by atoms with E-state index in [1.807, 2.05) is 0 Å². The van der Waals surface area contributed by atoms with E-state index in [1.165, 1.54) is 6.07 Å². The van der Waals surface area contributed by atoms with Crippen LogP contribution < -0.4 is 5.32 Å². The third kappa shape index (κ3) is 3.84. The van der Waals surface area contributed by atoms with Crippen LogP contribution in [0.3, 0.4) is 0 Å². The van der Waals surface area contributed by atoms with Gasteiger partial charge in [-0.05, 0) is 34.1 Å². The lowest BCUT2D eigenvalue weighted by Crippen LogP contribution is -2.25. The highest BCUT2D eigenvalue weighted by Crippen LogP contribution is 2.23. The van der Waals surface area contributed by atoms with Gasteiger partial charge in [0.25, 0.3) is 0 Å². The molecule has 0 bridgehead atoms. The van der Waals surface area contributed by atoms with Crippen LogP contribution in [0.1, 0.15) is 19.7 Å². The molecule has 0 atom stereocenters. The first-order chi connectivity index (χ1) is 9.06. The van der Waals surface area contributed by atoms with E-state index in [0.29, 0.717) is 34.3 Å². The third-order valence-electron chi connectivity index (χ3n) is 2.52. The lowest BCUT2D eigenvalue weighted by Gasteiger charge is -2.04. The Balaban J connectivity index is 2.05. The molecule has 0 radical (unpaired) electrons. The summed E-state index contributed by atoms with van der Waals surface area (Å²) < 4.78 is 19.3. The molecule has 0 spiro atoms. The number of benzene rings is 1. The number of rotatable bonds is 5. The van der Waals surface area contributed by atoms with Crippen LogP contribution in [0.25, 0.3) is 11.5 Å². The molecule has 0 fully saturated rings. The monoisotopic (exact) mass is 327 g/mol. The second-order valence-corrected chi connectivity index (χ2v) is 5.34. The fraction of sp³-hybridized carbons (Fsp3) is 0.385. The molecule has 2 aromatic rings. The highest BCUT2D eigenvalue weighted by Gasteiger charge is 2.10. The van der Waals surface area contributed by atoms with Crippen molar-refractivity contribution in [1.29, 1.82) is 0 Å². The van der Waals surface area contributed by atoms with Crippen LogP contribution in [0.5, 0.6) is 0 Å². The molecule has 0 aliphatic heterocycles. The van der Waals surface area contributed by atoms with Crippen molar-refractivity contribution in [2.24, 2.45) is 0 Å². The quantitative estimate of drug-likeness (QED) is 0.916. The molecule has 0 aliphatic carbocycles. The molecule has 1 aromatic carbocycles. The predicted molar refractivity (Wildman–Crippen MR) is 74.2 cm³/mol. The largest absolute Gasteiger partial charge is 0.421 e. The fourth-order valence-corrected chi connectivity index (χ4v) is 1.81. The van der Waals surface area contributed by atoms with Crippen molar-refractivity contribution in [1.82, 2.24) is 15.5 Å². The Labute approximate surface area is 119 Å². The molecule has 1 heterocycles.